The fourth-order valence-corrected chi connectivity index (χ4v) is 2.63. The van der Waals surface area contributed by atoms with Gasteiger partial charge in [0, 0.05) is 12.7 Å². The van der Waals surface area contributed by atoms with Crippen molar-refractivity contribution in [2.24, 2.45) is 0 Å². The zero-order valence-electron chi connectivity index (χ0n) is 13.7. The van der Waals surface area contributed by atoms with Gasteiger partial charge in [0.15, 0.2) is 0 Å². The van der Waals surface area contributed by atoms with Crippen molar-refractivity contribution in [2.75, 3.05) is 13.1 Å². The fourth-order valence-electron chi connectivity index (χ4n) is 2.63. The predicted molar refractivity (Wildman–Crippen MR) is 85.3 cm³/mol. The van der Waals surface area contributed by atoms with Gasteiger partial charge >= 0.3 is 6.09 Å². The summed E-state index contributed by atoms with van der Waals surface area (Å²) in [7, 11) is 0. The molecule has 1 N–H and O–H groups in total. The van der Waals surface area contributed by atoms with Gasteiger partial charge in [0.2, 0.25) is 5.88 Å². The van der Waals surface area contributed by atoms with Gasteiger partial charge in [-0.15, -0.1) is 0 Å². The number of fused-ring (bicyclic) bond motifs is 1. The van der Waals surface area contributed by atoms with Crippen molar-refractivity contribution >= 4 is 17.1 Å². The minimum Gasteiger partial charge on any atom is -0.472 e. The maximum Gasteiger partial charge on any atom is 0.410 e. The van der Waals surface area contributed by atoms with Crippen LogP contribution in [0.3, 0.4) is 0 Å². The lowest BCUT2D eigenvalue weighted by molar-refractivity contribution is 0.00742. The number of nitrogens with one attached hydrogen (secondary N) is 1. The van der Waals surface area contributed by atoms with Crippen LogP contribution in [0.2, 0.25) is 0 Å². The van der Waals surface area contributed by atoms with Crippen LogP contribution < -0.4 is 4.74 Å². The van der Waals surface area contributed by atoms with Crippen molar-refractivity contribution in [3.63, 3.8) is 0 Å². The summed E-state index contributed by atoms with van der Waals surface area (Å²) in [6.45, 7) is 6.80. The lowest BCUT2D eigenvalue weighted by atomic mass is 10.1. The second-order valence-electron chi connectivity index (χ2n) is 6.73. The van der Waals surface area contributed by atoms with E-state index < -0.39 is 5.60 Å². The third-order valence-corrected chi connectivity index (χ3v) is 3.63. The average molecular weight is 318 g/mol. The molecule has 1 fully saturated rings. The molecular weight excluding hydrogens is 296 g/mol. The lowest BCUT2D eigenvalue weighted by Crippen LogP contribution is -2.46. The van der Waals surface area contributed by atoms with E-state index in [4.69, 9.17) is 9.47 Å². The van der Waals surface area contributed by atoms with Crippen LogP contribution in [0.15, 0.2) is 18.6 Å². The molecule has 23 heavy (non-hydrogen) atoms. The van der Waals surface area contributed by atoms with Gasteiger partial charge in [-0.25, -0.2) is 14.8 Å². The maximum atomic E-state index is 12.2. The summed E-state index contributed by atoms with van der Waals surface area (Å²) < 4.78 is 11.5. The second kappa shape index (κ2) is 6.06. The van der Waals surface area contributed by atoms with Gasteiger partial charge in [-0.3, -0.25) is 0 Å². The van der Waals surface area contributed by atoms with Crippen LogP contribution in [0.25, 0.3) is 11.0 Å². The van der Waals surface area contributed by atoms with E-state index in [0.717, 1.165) is 23.9 Å². The molecule has 2 aromatic rings. The first-order valence-electron chi connectivity index (χ1n) is 7.85. The summed E-state index contributed by atoms with van der Waals surface area (Å²) in [5, 5.41) is 0.849. The first-order chi connectivity index (χ1) is 10.9. The number of hydrogen-bond donors (Lipinski definition) is 1. The van der Waals surface area contributed by atoms with E-state index >= 15 is 0 Å². The van der Waals surface area contributed by atoms with Gasteiger partial charge in [0.1, 0.15) is 23.7 Å². The van der Waals surface area contributed by atoms with Crippen LogP contribution in [0.1, 0.15) is 33.6 Å². The molecule has 0 bridgehead atoms. The Kier molecular flexibility index (Phi) is 4.11. The highest BCUT2D eigenvalue weighted by Crippen LogP contribution is 2.24. The molecule has 2 aromatic heterocycles. The van der Waals surface area contributed by atoms with Gasteiger partial charge < -0.3 is 19.4 Å². The summed E-state index contributed by atoms with van der Waals surface area (Å²) in [5.74, 6) is 0.548. The topological polar surface area (TPSA) is 80.3 Å². The van der Waals surface area contributed by atoms with Gasteiger partial charge in [-0.05, 0) is 39.7 Å². The highest BCUT2D eigenvalue weighted by atomic mass is 16.6. The molecule has 1 atom stereocenters. The highest BCUT2D eigenvalue weighted by molar-refractivity contribution is 5.80. The molecule has 3 heterocycles. The number of nitrogens with zero attached hydrogens (tertiary/aromatic N) is 3. The number of ether oxygens (including phenoxy) is 2. The SMILES string of the molecule is CC(C)(C)OC(=O)N1CCCC(Oc2ncnc3[nH]ccc23)C1. The molecule has 0 radical (unpaired) electrons. The van der Waals surface area contributed by atoms with Crippen molar-refractivity contribution in [2.45, 2.75) is 45.3 Å². The number of likely N-dealkylation sites (tertiary alicyclic amines) is 1. The Labute approximate surface area is 135 Å². The zero-order valence-corrected chi connectivity index (χ0v) is 13.7. The first-order valence-corrected chi connectivity index (χ1v) is 7.85. The monoisotopic (exact) mass is 318 g/mol. The van der Waals surface area contributed by atoms with E-state index in [0.29, 0.717) is 19.0 Å². The van der Waals surface area contributed by atoms with Crippen molar-refractivity contribution in [1.82, 2.24) is 19.9 Å². The molecule has 0 saturated carbocycles. The number of piperidine rings is 1. The second-order valence-corrected chi connectivity index (χ2v) is 6.73. The van der Waals surface area contributed by atoms with Crippen molar-refractivity contribution < 1.29 is 14.3 Å². The van der Waals surface area contributed by atoms with Crippen molar-refractivity contribution in [3.05, 3.63) is 18.6 Å². The van der Waals surface area contributed by atoms with Crippen LogP contribution in [0, 0.1) is 0 Å². The van der Waals surface area contributed by atoms with E-state index in [1.807, 2.05) is 26.8 Å². The van der Waals surface area contributed by atoms with Gasteiger partial charge in [-0.1, -0.05) is 0 Å². The van der Waals surface area contributed by atoms with Gasteiger partial charge in [-0.2, -0.15) is 0 Å². The first kappa shape index (κ1) is 15.6. The number of carbonyl (C=O) groups is 1. The fraction of sp³-hybridized carbons (Fsp3) is 0.562. The van der Waals surface area contributed by atoms with Gasteiger partial charge in [0.05, 0.1) is 11.9 Å². The molecule has 1 aliphatic heterocycles. The minimum atomic E-state index is -0.491. The smallest absolute Gasteiger partial charge is 0.410 e. The summed E-state index contributed by atoms with van der Waals surface area (Å²) in [5.41, 5.74) is 0.254. The molecular formula is C16H22N4O3. The van der Waals surface area contributed by atoms with Crippen LogP contribution in [-0.2, 0) is 4.74 Å². The van der Waals surface area contributed by atoms with E-state index in [9.17, 15) is 4.79 Å². The Morgan fingerprint density at radius 3 is 3.00 bits per heavy atom. The van der Waals surface area contributed by atoms with Crippen LogP contribution >= 0.6 is 0 Å². The summed E-state index contributed by atoms with van der Waals surface area (Å²) >= 11 is 0. The van der Waals surface area contributed by atoms with Crippen molar-refractivity contribution in [1.29, 1.82) is 0 Å². The summed E-state index contributed by atoms with van der Waals surface area (Å²) in [6, 6.07) is 1.89. The third-order valence-electron chi connectivity index (χ3n) is 3.63. The molecule has 1 saturated heterocycles. The van der Waals surface area contributed by atoms with Gasteiger partial charge in [0.25, 0.3) is 0 Å². The summed E-state index contributed by atoms with van der Waals surface area (Å²) in [4.78, 5) is 25.3. The Morgan fingerprint density at radius 2 is 2.22 bits per heavy atom. The van der Waals surface area contributed by atoms with E-state index in [2.05, 4.69) is 15.0 Å². The Morgan fingerprint density at radius 1 is 1.39 bits per heavy atom. The molecule has 1 unspecified atom stereocenters. The third kappa shape index (κ3) is 3.72. The lowest BCUT2D eigenvalue weighted by Gasteiger charge is -2.34. The number of rotatable bonds is 2. The number of hydrogen-bond acceptors (Lipinski definition) is 5. The number of aromatic amines is 1. The molecule has 0 spiro atoms. The molecule has 0 aliphatic carbocycles. The Hall–Kier alpha value is -2.31. The van der Waals surface area contributed by atoms with E-state index in [1.165, 1.54) is 6.33 Å². The number of aromatic nitrogens is 3. The van der Waals surface area contributed by atoms with Crippen molar-refractivity contribution in [3.8, 4) is 5.88 Å². The number of carbonyl (C=O) groups excluding carboxylic acids is 1. The maximum absolute atomic E-state index is 12.2. The number of amides is 1. The molecule has 1 aliphatic rings. The predicted octanol–water partition coefficient (Wildman–Crippen LogP) is 2.74. The standard InChI is InChI=1S/C16H22N4O3/c1-16(2,3)23-15(21)20-8-4-5-11(9-20)22-14-12-6-7-17-13(12)18-10-19-14/h6-7,10-11H,4-5,8-9H2,1-3H3,(H,17,18,19). The Bertz CT molecular complexity index is 692. The minimum absolute atomic E-state index is 0.0933. The highest BCUT2D eigenvalue weighted by Gasteiger charge is 2.29. The number of H-pyrrole nitrogens is 1. The molecule has 124 valence electrons. The average Bonchev–Trinajstić information content (AvgIpc) is 2.95. The van der Waals surface area contributed by atoms with E-state index in [-0.39, 0.29) is 12.2 Å². The molecule has 7 heteroatoms. The van der Waals surface area contributed by atoms with Crippen LogP contribution in [0.5, 0.6) is 5.88 Å². The molecule has 3 rings (SSSR count). The quantitative estimate of drug-likeness (QED) is 0.921. The Balaban J connectivity index is 1.67. The van der Waals surface area contributed by atoms with Crippen LogP contribution in [-0.4, -0.2) is 50.7 Å². The normalized spacial score (nSPS) is 18.9. The molecule has 0 aromatic carbocycles. The van der Waals surface area contributed by atoms with E-state index in [1.54, 1.807) is 11.1 Å². The zero-order chi connectivity index (χ0) is 16.4. The summed E-state index contributed by atoms with van der Waals surface area (Å²) in [6.07, 6.45) is 4.66. The molecule has 7 nitrogen and oxygen atoms in total. The molecule has 1 amide bonds. The largest absolute Gasteiger partial charge is 0.472 e. The van der Waals surface area contributed by atoms with Crippen LogP contribution in [0.4, 0.5) is 4.79 Å².